The Kier molecular flexibility index (Phi) is 4.33. The fourth-order valence-electron chi connectivity index (χ4n) is 1.61. The normalized spacial score (nSPS) is 24.7. The summed E-state index contributed by atoms with van der Waals surface area (Å²) >= 11 is 0. The van der Waals surface area contributed by atoms with Crippen molar-refractivity contribution in [2.75, 3.05) is 31.2 Å². The van der Waals surface area contributed by atoms with Gasteiger partial charge in [0.2, 0.25) is 0 Å². The molecule has 0 saturated carbocycles. The van der Waals surface area contributed by atoms with Crippen LogP contribution in [0, 0.1) is 5.92 Å². The van der Waals surface area contributed by atoms with Gasteiger partial charge in [0.05, 0.1) is 0 Å². The standard InChI is InChI=1S/C11H23NS/c1-13(2,3)10-12-9-11-7-5-4-6-8-11/h4-5,11-12H,6-10H2,1-3H3. The molecule has 13 heavy (non-hydrogen) atoms. The van der Waals surface area contributed by atoms with Gasteiger partial charge >= 0.3 is 0 Å². The van der Waals surface area contributed by atoms with E-state index in [-0.39, 0.29) is 10.0 Å². The van der Waals surface area contributed by atoms with E-state index < -0.39 is 0 Å². The first-order valence-electron chi connectivity index (χ1n) is 5.10. The van der Waals surface area contributed by atoms with Gasteiger partial charge in [0.1, 0.15) is 0 Å². The molecule has 1 nitrogen and oxygen atoms in total. The van der Waals surface area contributed by atoms with Gasteiger partial charge < -0.3 is 5.32 Å². The Bertz CT molecular complexity index is 169. The average Bonchev–Trinajstić information content (AvgIpc) is 2.04. The van der Waals surface area contributed by atoms with Crippen molar-refractivity contribution in [2.45, 2.75) is 19.3 Å². The summed E-state index contributed by atoms with van der Waals surface area (Å²) in [5.74, 6) is 2.11. The zero-order chi connectivity index (χ0) is 9.73. The van der Waals surface area contributed by atoms with Crippen molar-refractivity contribution >= 4 is 10.0 Å². The molecule has 1 rings (SSSR count). The number of hydrogen-bond acceptors (Lipinski definition) is 1. The molecule has 0 aromatic rings. The minimum absolute atomic E-state index is 0.354. The van der Waals surface area contributed by atoms with Crippen LogP contribution in [0.4, 0.5) is 0 Å². The van der Waals surface area contributed by atoms with Gasteiger partial charge in [0.15, 0.2) is 0 Å². The second-order valence-electron chi connectivity index (χ2n) is 4.84. The van der Waals surface area contributed by atoms with Crippen molar-refractivity contribution in [3.63, 3.8) is 0 Å². The molecule has 0 aromatic carbocycles. The summed E-state index contributed by atoms with van der Waals surface area (Å²) in [5, 5.41) is 3.60. The van der Waals surface area contributed by atoms with Crippen LogP contribution in [-0.4, -0.2) is 31.2 Å². The van der Waals surface area contributed by atoms with Gasteiger partial charge in [-0.3, -0.25) is 0 Å². The third-order valence-corrected chi connectivity index (χ3v) is 3.42. The first-order valence-corrected chi connectivity index (χ1v) is 8.12. The third-order valence-electron chi connectivity index (χ3n) is 2.35. The molecule has 0 aliphatic heterocycles. The van der Waals surface area contributed by atoms with Crippen molar-refractivity contribution in [3.05, 3.63) is 12.2 Å². The lowest BCUT2D eigenvalue weighted by Crippen LogP contribution is -2.26. The van der Waals surface area contributed by atoms with Crippen LogP contribution in [0.1, 0.15) is 19.3 Å². The van der Waals surface area contributed by atoms with E-state index in [0.29, 0.717) is 0 Å². The van der Waals surface area contributed by atoms with Gasteiger partial charge in [0, 0.05) is 5.88 Å². The maximum Gasteiger partial charge on any atom is 0.0255 e. The predicted octanol–water partition coefficient (Wildman–Crippen LogP) is 2.58. The highest BCUT2D eigenvalue weighted by molar-refractivity contribution is 8.32. The topological polar surface area (TPSA) is 12.0 Å². The van der Waals surface area contributed by atoms with Gasteiger partial charge in [-0.25, -0.2) is 10.0 Å². The summed E-state index contributed by atoms with van der Waals surface area (Å²) in [6, 6.07) is 0. The fraction of sp³-hybridized carbons (Fsp3) is 0.818. The predicted molar refractivity (Wildman–Crippen MR) is 64.7 cm³/mol. The first-order chi connectivity index (χ1) is 6.08. The molecule has 0 saturated heterocycles. The van der Waals surface area contributed by atoms with E-state index in [9.17, 15) is 0 Å². The highest BCUT2D eigenvalue weighted by Crippen LogP contribution is 2.32. The minimum atomic E-state index is -0.354. The molecule has 1 unspecified atom stereocenters. The Hall–Kier alpha value is 0.0500. The molecule has 0 amide bonds. The zero-order valence-electron chi connectivity index (χ0n) is 9.18. The summed E-state index contributed by atoms with van der Waals surface area (Å²) in [6.07, 6.45) is 15.7. The molecule has 2 heteroatoms. The van der Waals surface area contributed by atoms with Crippen LogP contribution in [0.5, 0.6) is 0 Å². The van der Waals surface area contributed by atoms with Crippen LogP contribution < -0.4 is 5.32 Å². The van der Waals surface area contributed by atoms with Crippen molar-refractivity contribution in [2.24, 2.45) is 5.92 Å². The molecule has 0 aromatic heterocycles. The summed E-state index contributed by atoms with van der Waals surface area (Å²) in [4.78, 5) is 0. The molecule has 1 aliphatic rings. The molecule has 1 N–H and O–H groups in total. The lowest BCUT2D eigenvalue weighted by atomic mass is 9.95. The summed E-state index contributed by atoms with van der Waals surface area (Å²) in [6.45, 7) is 1.22. The Labute approximate surface area is 84.3 Å². The zero-order valence-corrected chi connectivity index (χ0v) is 9.99. The molecule has 78 valence electrons. The van der Waals surface area contributed by atoms with E-state index in [0.717, 1.165) is 5.92 Å². The molecule has 0 radical (unpaired) electrons. The lowest BCUT2D eigenvalue weighted by molar-refractivity contribution is 0.455. The van der Waals surface area contributed by atoms with Crippen LogP contribution in [0.2, 0.25) is 0 Å². The van der Waals surface area contributed by atoms with E-state index in [2.05, 4.69) is 36.2 Å². The quantitative estimate of drug-likeness (QED) is 0.689. The van der Waals surface area contributed by atoms with Crippen molar-refractivity contribution in [1.82, 2.24) is 5.32 Å². The van der Waals surface area contributed by atoms with Crippen molar-refractivity contribution < 1.29 is 0 Å². The van der Waals surface area contributed by atoms with Crippen LogP contribution in [-0.2, 0) is 0 Å². The van der Waals surface area contributed by atoms with E-state index >= 15 is 0 Å². The molecule has 1 atom stereocenters. The molecule has 1 aliphatic carbocycles. The van der Waals surface area contributed by atoms with Gasteiger partial charge in [0.25, 0.3) is 0 Å². The smallest absolute Gasteiger partial charge is 0.0255 e. The summed E-state index contributed by atoms with van der Waals surface area (Å²) in [5.41, 5.74) is 0. The van der Waals surface area contributed by atoms with Crippen molar-refractivity contribution in [3.8, 4) is 0 Å². The van der Waals surface area contributed by atoms with E-state index in [1.54, 1.807) is 0 Å². The Morgan fingerprint density at radius 3 is 2.62 bits per heavy atom. The second kappa shape index (κ2) is 5.06. The van der Waals surface area contributed by atoms with Gasteiger partial charge in [-0.1, -0.05) is 12.2 Å². The largest absolute Gasteiger partial charge is 0.309 e. The van der Waals surface area contributed by atoms with E-state index in [1.165, 1.54) is 31.7 Å². The summed E-state index contributed by atoms with van der Waals surface area (Å²) < 4.78 is 0. The second-order valence-corrected chi connectivity index (χ2v) is 9.31. The Morgan fingerprint density at radius 2 is 2.08 bits per heavy atom. The number of rotatable bonds is 4. The minimum Gasteiger partial charge on any atom is -0.309 e. The van der Waals surface area contributed by atoms with Crippen LogP contribution >= 0.6 is 10.0 Å². The van der Waals surface area contributed by atoms with Gasteiger partial charge in [-0.2, -0.15) is 0 Å². The van der Waals surface area contributed by atoms with Gasteiger partial charge in [-0.15, -0.1) is 0 Å². The third kappa shape index (κ3) is 5.37. The highest BCUT2D eigenvalue weighted by atomic mass is 32.3. The number of hydrogen-bond donors (Lipinski definition) is 1. The fourth-order valence-corrected chi connectivity index (χ4v) is 2.34. The maximum atomic E-state index is 3.60. The molecule has 0 bridgehead atoms. The van der Waals surface area contributed by atoms with Crippen LogP contribution in [0.3, 0.4) is 0 Å². The Morgan fingerprint density at radius 1 is 1.31 bits per heavy atom. The number of allylic oxidation sites excluding steroid dienone is 2. The average molecular weight is 201 g/mol. The highest BCUT2D eigenvalue weighted by Gasteiger charge is 2.10. The lowest BCUT2D eigenvalue weighted by Gasteiger charge is -2.27. The Balaban J connectivity index is 2.09. The first kappa shape index (κ1) is 11.1. The molecular formula is C11H23NS. The van der Waals surface area contributed by atoms with Crippen LogP contribution in [0.15, 0.2) is 12.2 Å². The van der Waals surface area contributed by atoms with E-state index in [1.807, 2.05) is 0 Å². The molecule has 0 heterocycles. The SMILES string of the molecule is CS(C)(C)CNCC1CC=CCC1. The van der Waals surface area contributed by atoms with E-state index in [4.69, 9.17) is 0 Å². The summed E-state index contributed by atoms with van der Waals surface area (Å²) in [7, 11) is -0.354. The molecule has 0 fully saturated rings. The number of nitrogens with one attached hydrogen (secondary N) is 1. The van der Waals surface area contributed by atoms with Crippen LogP contribution in [0.25, 0.3) is 0 Å². The molecular weight excluding hydrogens is 178 g/mol. The molecule has 0 spiro atoms. The van der Waals surface area contributed by atoms with Gasteiger partial charge in [-0.05, 0) is 50.5 Å². The monoisotopic (exact) mass is 201 g/mol. The van der Waals surface area contributed by atoms with Crippen molar-refractivity contribution in [1.29, 1.82) is 0 Å². The maximum absolute atomic E-state index is 3.60.